The Balaban J connectivity index is 2.58. The van der Waals surface area contributed by atoms with Crippen molar-refractivity contribution in [3.8, 4) is 0 Å². The largest absolute Gasteiger partial charge is 0.341 e. The van der Waals surface area contributed by atoms with Crippen molar-refractivity contribution in [3.63, 3.8) is 0 Å². The van der Waals surface area contributed by atoms with Gasteiger partial charge in [-0.05, 0) is 18.4 Å². The van der Waals surface area contributed by atoms with E-state index in [1.807, 2.05) is 13.8 Å². The van der Waals surface area contributed by atoms with E-state index in [1.54, 1.807) is 11.9 Å². The number of hydrogen-bond donors (Lipinski definition) is 1. The molecule has 0 fully saturated rings. The molecule has 1 rings (SSSR count). The van der Waals surface area contributed by atoms with E-state index >= 15 is 0 Å². The minimum Gasteiger partial charge on any atom is -0.341 e. The van der Waals surface area contributed by atoms with Gasteiger partial charge >= 0.3 is 5.00 Å². The van der Waals surface area contributed by atoms with Crippen LogP contribution in [0.1, 0.15) is 29.9 Å². The summed E-state index contributed by atoms with van der Waals surface area (Å²) in [5.74, 6) is 0.167. The molecule has 0 radical (unpaired) electrons. The van der Waals surface area contributed by atoms with Gasteiger partial charge in [-0.1, -0.05) is 25.2 Å². The molecule has 0 aromatic carbocycles. The predicted octanol–water partition coefficient (Wildman–Crippen LogP) is 2.10. The molecule has 0 aliphatic heterocycles. The van der Waals surface area contributed by atoms with Crippen molar-refractivity contribution < 1.29 is 9.72 Å². The molecule has 0 saturated carbocycles. The summed E-state index contributed by atoms with van der Waals surface area (Å²) < 4.78 is 0. The number of rotatable bonds is 6. The van der Waals surface area contributed by atoms with E-state index in [4.69, 9.17) is 5.73 Å². The molecule has 1 aromatic heterocycles. The number of carbonyl (C=O) groups is 1. The van der Waals surface area contributed by atoms with Crippen molar-refractivity contribution >= 4 is 22.2 Å². The summed E-state index contributed by atoms with van der Waals surface area (Å²) in [6.45, 7) is 4.62. The van der Waals surface area contributed by atoms with Crippen LogP contribution in [-0.2, 0) is 0 Å². The maximum absolute atomic E-state index is 12.0. The monoisotopic (exact) mass is 285 g/mol. The molecule has 0 saturated heterocycles. The molecule has 0 spiro atoms. The third kappa shape index (κ3) is 4.29. The second-order valence-corrected chi connectivity index (χ2v) is 5.88. The van der Waals surface area contributed by atoms with Crippen LogP contribution in [-0.4, -0.2) is 35.4 Å². The molecule has 0 aliphatic carbocycles. The smallest absolute Gasteiger partial charge is 0.324 e. The lowest BCUT2D eigenvalue weighted by Crippen LogP contribution is -2.34. The van der Waals surface area contributed by atoms with Crippen LogP contribution in [0, 0.1) is 16.0 Å². The second kappa shape index (κ2) is 6.63. The van der Waals surface area contributed by atoms with Crippen LogP contribution in [0.2, 0.25) is 0 Å². The van der Waals surface area contributed by atoms with Crippen molar-refractivity contribution in [2.75, 3.05) is 13.6 Å². The molecule has 19 heavy (non-hydrogen) atoms. The fourth-order valence-electron chi connectivity index (χ4n) is 1.51. The lowest BCUT2D eigenvalue weighted by Gasteiger charge is -2.21. The Labute approximate surface area is 116 Å². The van der Waals surface area contributed by atoms with E-state index in [-0.39, 0.29) is 17.0 Å². The zero-order chi connectivity index (χ0) is 14.6. The van der Waals surface area contributed by atoms with Gasteiger partial charge in [-0.2, -0.15) is 0 Å². The third-order valence-corrected chi connectivity index (χ3v) is 4.01. The van der Waals surface area contributed by atoms with E-state index in [0.29, 0.717) is 23.8 Å². The molecule has 106 valence electrons. The first kappa shape index (κ1) is 15.6. The van der Waals surface area contributed by atoms with Crippen molar-refractivity contribution in [1.29, 1.82) is 0 Å². The van der Waals surface area contributed by atoms with Crippen LogP contribution in [0.3, 0.4) is 0 Å². The SMILES string of the molecule is CC(C)C(N)CCN(C)C(=O)c1ccc([N+](=O)[O-])s1. The van der Waals surface area contributed by atoms with Crippen molar-refractivity contribution in [2.45, 2.75) is 26.3 Å². The average molecular weight is 285 g/mol. The number of nitrogens with two attached hydrogens (primary N) is 1. The molecular weight excluding hydrogens is 266 g/mol. The van der Waals surface area contributed by atoms with Crippen LogP contribution in [0.4, 0.5) is 5.00 Å². The Hall–Kier alpha value is -1.47. The lowest BCUT2D eigenvalue weighted by molar-refractivity contribution is -0.380. The Morgan fingerprint density at radius 3 is 2.63 bits per heavy atom. The fourth-order valence-corrected chi connectivity index (χ4v) is 2.32. The highest BCUT2D eigenvalue weighted by Crippen LogP contribution is 2.24. The van der Waals surface area contributed by atoms with Crippen LogP contribution in [0.15, 0.2) is 12.1 Å². The number of nitrogens with zero attached hydrogens (tertiary/aromatic N) is 2. The number of nitro groups is 1. The van der Waals surface area contributed by atoms with Gasteiger partial charge in [0, 0.05) is 25.7 Å². The van der Waals surface area contributed by atoms with E-state index in [9.17, 15) is 14.9 Å². The predicted molar refractivity (Wildman–Crippen MR) is 75.4 cm³/mol. The lowest BCUT2D eigenvalue weighted by atomic mass is 10.0. The molecule has 6 nitrogen and oxygen atoms in total. The summed E-state index contributed by atoms with van der Waals surface area (Å²) in [6, 6.07) is 2.89. The van der Waals surface area contributed by atoms with Crippen LogP contribution in [0.5, 0.6) is 0 Å². The Bertz CT molecular complexity index is 459. The van der Waals surface area contributed by atoms with Gasteiger partial charge in [0.15, 0.2) is 0 Å². The van der Waals surface area contributed by atoms with Gasteiger partial charge in [0.25, 0.3) is 5.91 Å². The highest BCUT2D eigenvalue weighted by atomic mass is 32.1. The quantitative estimate of drug-likeness (QED) is 0.640. The first-order chi connectivity index (χ1) is 8.82. The first-order valence-electron chi connectivity index (χ1n) is 6.08. The fraction of sp³-hybridized carbons (Fsp3) is 0.583. The highest BCUT2D eigenvalue weighted by Gasteiger charge is 2.19. The van der Waals surface area contributed by atoms with Crippen molar-refractivity contribution in [2.24, 2.45) is 11.7 Å². The van der Waals surface area contributed by atoms with Crippen molar-refractivity contribution in [3.05, 3.63) is 27.1 Å². The van der Waals surface area contributed by atoms with Crippen LogP contribution >= 0.6 is 11.3 Å². The Morgan fingerprint density at radius 2 is 2.16 bits per heavy atom. The Morgan fingerprint density at radius 1 is 1.53 bits per heavy atom. The topological polar surface area (TPSA) is 89.5 Å². The molecular formula is C12H19N3O3S. The number of hydrogen-bond acceptors (Lipinski definition) is 5. The van der Waals surface area contributed by atoms with E-state index < -0.39 is 4.92 Å². The highest BCUT2D eigenvalue weighted by molar-refractivity contribution is 7.17. The Kier molecular flexibility index (Phi) is 5.44. The average Bonchev–Trinajstić information content (AvgIpc) is 2.83. The van der Waals surface area contributed by atoms with Gasteiger partial charge in [0.05, 0.1) is 9.80 Å². The maximum Gasteiger partial charge on any atom is 0.324 e. The molecule has 1 unspecified atom stereocenters. The van der Waals surface area contributed by atoms with Crippen LogP contribution < -0.4 is 5.73 Å². The van der Waals surface area contributed by atoms with Gasteiger partial charge in [0.2, 0.25) is 0 Å². The molecule has 1 heterocycles. The van der Waals surface area contributed by atoms with E-state index in [2.05, 4.69) is 0 Å². The van der Waals surface area contributed by atoms with E-state index in [1.165, 1.54) is 12.1 Å². The van der Waals surface area contributed by atoms with Gasteiger partial charge in [-0.25, -0.2) is 0 Å². The van der Waals surface area contributed by atoms with Crippen LogP contribution in [0.25, 0.3) is 0 Å². The van der Waals surface area contributed by atoms with Gasteiger partial charge < -0.3 is 10.6 Å². The summed E-state index contributed by atoms with van der Waals surface area (Å²) in [5.41, 5.74) is 5.92. The van der Waals surface area contributed by atoms with E-state index in [0.717, 1.165) is 11.3 Å². The summed E-state index contributed by atoms with van der Waals surface area (Å²) in [7, 11) is 1.68. The second-order valence-electron chi connectivity index (χ2n) is 4.82. The number of amides is 1. The zero-order valence-corrected chi connectivity index (χ0v) is 12.1. The standard InChI is InChI=1S/C12H19N3O3S/c1-8(2)9(13)6-7-14(3)12(16)10-4-5-11(19-10)15(17)18/h4-5,8-9H,6-7,13H2,1-3H3. The number of carbonyl (C=O) groups excluding carboxylic acids is 1. The minimum atomic E-state index is -0.490. The summed E-state index contributed by atoms with van der Waals surface area (Å²) in [5, 5.41) is 10.6. The van der Waals surface area contributed by atoms with Gasteiger partial charge in [0.1, 0.15) is 0 Å². The summed E-state index contributed by atoms with van der Waals surface area (Å²) >= 11 is 0.896. The molecule has 0 aliphatic rings. The van der Waals surface area contributed by atoms with Crippen molar-refractivity contribution in [1.82, 2.24) is 4.90 Å². The first-order valence-corrected chi connectivity index (χ1v) is 6.89. The molecule has 0 bridgehead atoms. The molecule has 1 atom stereocenters. The minimum absolute atomic E-state index is 0.0179. The molecule has 1 amide bonds. The molecule has 1 aromatic rings. The summed E-state index contributed by atoms with van der Waals surface area (Å²) in [6.07, 6.45) is 0.716. The third-order valence-electron chi connectivity index (χ3n) is 2.98. The summed E-state index contributed by atoms with van der Waals surface area (Å²) in [4.78, 5) is 24.1. The van der Waals surface area contributed by atoms with Gasteiger partial charge in [-0.3, -0.25) is 14.9 Å². The molecule has 2 N–H and O–H groups in total. The normalized spacial score (nSPS) is 12.5. The van der Waals surface area contributed by atoms with Gasteiger partial charge in [-0.15, -0.1) is 0 Å². The number of thiophene rings is 1. The maximum atomic E-state index is 12.0. The zero-order valence-electron chi connectivity index (χ0n) is 11.3. The molecule has 7 heteroatoms.